The summed E-state index contributed by atoms with van der Waals surface area (Å²) in [5.41, 5.74) is 10.1. The van der Waals surface area contributed by atoms with E-state index in [2.05, 4.69) is 77.7 Å². The zero-order valence-corrected chi connectivity index (χ0v) is 48.1. The minimum Gasteiger partial charge on any atom is -0.452 e. The highest BCUT2D eigenvalue weighted by molar-refractivity contribution is 6.21. The van der Waals surface area contributed by atoms with Crippen molar-refractivity contribution in [2.24, 2.45) is 0 Å². The highest BCUT2D eigenvalue weighted by atomic mass is 19.4. The molecule has 2 aromatic heterocycles. The number of nitrogens with zero attached hydrogens (tertiary/aromatic N) is 5. The first-order valence-electron chi connectivity index (χ1n) is 29.7. The van der Waals surface area contributed by atoms with Crippen molar-refractivity contribution in [2.75, 3.05) is 14.7 Å². The fourth-order valence-corrected chi connectivity index (χ4v) is 14.6. The van der Waals surface area contributed by atoms with Gasteiger partial charge < -0.3 is 23.5 Å². The highest BCUT2D eigenvalue weighted by Crippen LogP contribution is 2.68. The maximum atomic E-state index is 14.7. The standard InChI is InChI=1S/C79H43F6N5O2/c80-78(81,82)48-34-38-51(39-35-48)89(67-32-14-26-59-57-24-12-16-46(44-86)73(57)91-75(59)67)69-42-63-71(55-22-6-4-20-53(55)69)72-56-23-7-5-21-54(56)70(43-64(72)77(63)61-28-8-10-30-65(61)88(50-18-2-1-3-19-50)66-31-11-9-29-62(66)77)90(52-40-36-49(37-41-52)79(83,84)85)68-33-15-27-60-58-25-13-17-47(45-87)74(58)92-76(60)68/h1-43H. The third kappa shape index (κ3) is 7.75. The van der Waals surface area contributed by atoms with Crippen molar-refractivity contribution >= 4 is 117 Å². The number of nitriles is 2. The minimum absolute atomic E-state index is 0.318. The summed E-state index contributed by atoms with van der Waals surface area (Å²) in [7, 11) is 0. The molecule has 0 saturated heterocycles. The van der Waals surface area contributed by atoms with E-state index in [1.54, 1.807) is 24.3 Å². The van der Waals surface area contributed by atoms with Crippen molar-refractivity contribution in [1.82, 2.24) is 0 Å². The Labute approximate surface area is 520 Å². The molecule has 0 fully saturated rings. The number of hydrogen-bond donors (Lipinski definition) is 0. The Kier molecular flexibility index (Phi) is 11.8. The molecule has 13 aromatic carbocycles. The van der Waals surface area contributed by atoms with Crippen molar-refractivity contribution < 1.29 is 35.2 Å². The lowest BCUT2D eigenvalue weighted by Crippen LogP contribution is -2.36. The van der Waals surface area contributed by atoms with Gasteiger partial charge in [0.1, 0.15) is 12.1 Å². The van der Waals surface area contributed by atoms with Crippen LogP contribution in [0.2, 0.25) is 0 Å². The summed E-state index contributed by atoms with van der Waals surface area (Å²) < 4.78 is 102. The van der Waals surface area contributed by atoms with Gasteiger partial charge in [-0.25, -0.2) is 0 Å². The Morgan fingerprint density at radius 2 is 0.696 bits per heavy atom. The summed E-state index contributed by atoms with van der Waals surface area (Å²) in [4.78, 5) is 6.17. The summed E-state index contributed by atoms with van der Waals surface area (Å²) in [5, 5.41) is 26.7. The van der Waals surface area contributed by atoms with Gasteiger partial charge in [0.2, 0.25) is 0 Å². The fraction of sp³-hybridized carbons (Fsp3) is 0.0380. The first-order chi connectivity index (χ1) is 44.8. The molecule has 0 saturated carbocycles. The van der Waals surface area contributed by atoms with E-state index in [-0.39, 0.29) is 0 Å². The van der Waals surface area contributed by atoms with Crippen LogP contribution in [0.3, 0.4) is 0 Å². The van der Waals surface area contributed by atoms with Crippen LogP contribution >= 0.6 is 0 Å². The van der Waals surface area contributed by atoms with Crippen LogP contribution in [0.15, 0.2) is 270 Å². The summed E-state index contributed by atoms with van der Waals surface area (Å²) in [5.74, 6) is 0. The van der Waals surface area contributed by atoms with Crippen LogP contribution in [0, 0.1) is 22.7 Å². The van der Waals surface area contributed by atoms with E-state index in [4.69, 9.17) is 8.83 Å². The van der Waals surface area contributed by atoms with Crippen LogP contribution in [-0.4, -0.2) is 0 Å². The number of benzene rings is 13. The largest absolute Gasteiger partial charge is 0.452 e. The van der Waals surface area contributed by atoms with Gasteiger partial charge in [0.25, 0.3) is 0 Å². The zero-order chi connectivity index (χ0) is 62.4. The normalized spacial score (nSPS) is 13.2. The second-order valence-electron chi connectivity index (χ2n) is 23.0. The third-order valence-corrected chi connectivity index (χ3v) is 18.3. The Bertz CT molecular complexity index is 5350. The van der Waals surface area contributed by atoms with Gasteiger partial charge in [0.05, 0.1) is 61.8 Å². The van der Waals surface area contributed by atoms with Crippen LogP contribution in [0.1, 0.15) is 44.5 Å². The lowest BCUT2D eigenvalue weighted by molar-refractivity contribution is -0.138. The lowest BCUT2D eigenvalue weighted by Gasteiger charge is -2.45. The second kappa shape index (κ2) is 20.0. The lowest BCUT2D eigenvalue weighted by atomic mass is 9.64. The van der Waals surface area contributed by atoms with Crippen LogP contribution in [0.4, 0.5) is 77.5 Å². The minimum atomic E-state index is -4.65. The molecule has 0 N–H and O–H groups in total. The van der Waals surface area contributed by atoms with Crippen LogP contribution in [0.25, 0.3) is 76.5 Å². The van der Waals surface area contributed by atoms with E-state index in [9.17, 15) is 36.9 Å². The van der Waals surface area contributed by atoms with Gasteiger partial charge in [-0.1, -0.05) is 152 Å². The Hall–Kier alpha value is -12.1. The molecule has 15 aromatic rings. The van der Waals surface area contributed by atoms with Gasteiger partial charge >= 0.3 is 12.4 Å². The molecule has 7 nitrogen and oxygen atoms in total. The fourth-order valence-electron chi connectivity index (χ4n) is 14.6. The highest BCUT2D eigenvalue weighted by Gasteiger charge is 2.54. The topological polar surface area (TPSA) is 83.6 Å². The molecule has 92 heavy (non-hydrogen) atoms. The van der Waals surface area contributed by atoms with Gasteiger partial charge in [0.15, 0.2) is 22.3 Å². The number of alkyl halides is 6. The number of fused-ring (bicyclic) bond motifs is 19. The SMILES string of the molecule is N#Cc1cccc2c1oc1c(N(c3ccc(C(F)(F)F)cc3)c3cc4c(c5ccccc35)-c3c(cc(N(c5ccc(C(F)(F)F)cc5)c5cccc6c5oc5c(C#N)cccc56)c5ccccc35)C43c4ccccc4N(c4ccccc4)c4ccccc43)cccc12. The first kappa shape index (κ1) is 54.1. The smallest absolute Gasteiger partial charge is 0.416 e. The van der Waals surface area contributed by atoms with Gasteiger partial charge in [0, 0.05) is 49.4 Å². The molecule has 17 rings (SSSR count). The maximum absolute atomic E-state index is 14.7. The van der Waals surface area contributed by atoms with Crippen LogP contribution in [-0.2, 0) is 17.8 Å². The Morgan fingerprint density at radius 3 is 1.11 bits per heavy atom. The number of rotatable bonds is 7. The van der Waals surface area contributed by atoms with Crippen molar-refractivity contribution in [1.29, 1.82) is 10.5 Å². The molecule has 0 atom stereocenters. The molecular formula is C79H43F6N5O2. The summed E-state index contributed by atoms with van der Waals surface area (Å²) >= 11 is 0. The maximum Gasteiger partial charge on any atom is 0.416 e. The zero-order valence-electron chi connectivity index (χ0n) is 48.1. The average molecular weight is 1210 g/mol. The van der Waals surface area contributed by atoms with E-state index in [0.717, 1.165) is 96.3 Å². The molecule has 0 amide bonds. The van der Waals surface area contributed by atoms with Crippen LogP contribution in [0.5, 0.6) is 0 Å². The average Bonchev–Trinajstić information content (AvgIpc) is 1.52. The quantitative estimate of drug-likeness (QED) is 0.147. The van der Waals surface area contributed by atoms with Crippen molar-refractivity contribution in [3.05, 3.63) is 305 Å². The van der Waals surface area contributed by atoms with E-state index >= 15 is 0 Å². The second-order valence-corrected chi connectivity index (χ2v) is 23.0. The molecule has 2 aliphatic rings. The molecule has 1 aliphatic carbocycles. The molecule has 438 valence electrons. The van der Waals surface area contributed by atoms with Gasteiger partial charge in [-0.3, -0.25) is 0 Å². The molecular weight excluding hydrogens is 1160 g/mol. The molecule has 13 heteroatoms. The predicted molar refractivity (Wildman–Crippen MR) is 350 cm³/mol. The number of para-hydroxylation sites is 7. The molecule has 0 unspecified atom stereocenters. The monoisotopic (exact) mass is 1210 g/mol. The van der Waals surface area contributed by atoms with E-state index in [1.807, 2.05) is 137 Å². The third-order valence-electron chi connectivity index (χ3n) is 18.3. The number of halogens is 6. The first-order valence-corrected chi connectivity index (χ1v) is 29.7. The van der Waals surface area contributed by atoms with Gasteiger partial charge in [-0.15, -0.1) is 0 Å². The van der Waals surface area contributed by atoms with Crippen molar-refractivity contribution in [3.8, 4) is 23.3 Å². The summed E-state index contributed by atoms with van der Waals surface area (Å²) in [6.07, 6.45) is -9.29. The van der Waals surface area contributed by atoms with E-state index in [1.165, 1.54) is 24.3 Å². The Balaban J connectivity index is 1.04. The number of furan rings is 2. The molecule has 1 aliphatic heterocycles. The van der Waals surface area contributed by atoms with Gasteiger partial charge in [-0.05, 0) is 153 Å². The predicted octanol–water partition coefficient (Wildman–Crippen LogP) is 22.7. The van der Waals surface area contributed by atoms with Crippen molar-refractivity contribution in [2.45, 2.75) is 17.8 Å². The molecule has 3 heterocycles. The van der Waals surface area contributed by atoms with Gasteiger partial charge in [-0.2, -0.15) is 36.9 Å². The Morgan fingerprint density at radius 1 is 0.337 bits per heavy atom. The number of anilines is 9. The summed E-state index contributed by atoms with van der Waals surface area (Å²) in [6.45, 7) is 0. The molecule has 0 bridgehead atoms. The number of hydrogen-bond acceptors (Lipinski definition) is 7. The van der Waals surface area contributed by atoms with E-state index < -0.39 is 28.9 Å². The van der Waals surface area contributed by atoms with Crippen molar-refractivity contribution in [3.63, 3.8) is 0 Å². The molecule has 1 spiro atoms. The van der Waals surface area contributed by atoms with E-state index in [0.29, 0.717) is 89.1 Å². The summed E-state index contributed by atoms with van der Waals surface area (Å²) in [6, 6.07) is 84.0. The van der Waals surface area contributed by atoms with Crippen LogP contribution < -0.4 is 14.7 Å². The molecule has 0 radical (unpaired) electrons.